The van der Waals surface area contributed by atoms with Crippen LogP contribution in [0.1, 0.15) is 16.1 Å². The Bertz CT molecular complexity index is 754. The van der Waals surface area contributed by atoms with Gasteiger partial charge in [-0.1, -0.05) is 42.1 Å². The van der Waals surface area contributed by atoms with E-state index in [2.05, 4.69) is 27.1 Å². The third-order valence-electron chi connectivity index (χ3n) is 2.89. The number of rotatable bonds is 5. The van der Waals surface area contributed by atoms with Crippen molar-refractivity contribution >= 4 is 23.1 Å². The van der Waals surface area contributed by atoms with Crippen molar-refractivity contribution < 1.29 is 0 Å². The first-order valence-corrected chi connectivity index (χ1v) is 8.31. The van der Waals surface area contributed by atoms with Crippen molar-refractivity contribution in [3.05, 3.63) is 74.6 Å². The van der Waals surface area contributed by atoms with E-state index in [0.29, 0.717) is 17.1 Å². The lowest BCUT2D eigenvalue weighted by molar-refractivity contribution is 0.897. The number of hydrogen-bond acceptors (Lipinski definition) is 5. The smallest absolute Gasteiger partial charge is 0.255 e. The number of H-pyrrole nitrogens is 1. The summed E-state index contributed by atoms with van der Waals surface area (Å²) in [6.07, 6.45) is 3.92. The topological polar surface area (TPSA) is 58.6 Å². The quantitative estimate of drug-likeness (QED) is 0.580. The minimum absolute atomic E-state index is 0.0873. The second kappa shape index (κ2) is 6.69. The van der Waals surface area contributed by atoms with Crippen LogP contribution in [-0.4, -0.2) is 15.0 Å². The molecular formula is C15H13N3OS2. The zero-order chi connectivity index (χ0) is 14.5. The first-order chi connectivity index (χ1) is 10.3. The largest absolute Gasteiger partial charge is 0.301 e. The van der Waals surface area contributed by atoms with Crippen LogP contribution in [-0.2, 0) is 12.2 Å². The van der Waals surface area contributed by atoms with Crippen LogP contribution in [0.5, 0.6) is 0 Å². The number of nitrogens with one attached hydrogen (secondary N) is 1. The fourth-order valence-corrected chi connectivity index (χ4v) is 3.26. The predicted molar refractivity (Wildman–Crippen MR) is 85.8 cm³/mol. The van der Waals surface area contributed by atoms with E-state index in [0.717, 1.165) is 10.8 Å². The maximum absolute atomic E-state index is 12.0. The number of aromatic amines is 1. The van der Waals surface area contributed by atoms with Gasteiger partial charge in [0.15, 0.2) is 5.16 Å². The molecule has 0 aliphatic carbocycles. The minimum atomic E-state index is -0.0873. The van der Waals surface area contributed by atoms with E-state index in [1.807, 2.05) is 23.6 Å². The molecule has 0 unspecified atom stereocenters. The molecule has 2 aromatic heterocycles. The third kappa shape index (κ3) is 3.80. The normalized spacial score (nSPS) is 10.7. The second-order valence-corrected chi connectivity index (χ2v) is 6.36. The van der Waals surface area contributed by atoms with Gasteiger partial charge >= 0.3 is 0 Å². The Balaban J connectivity index is 1.68. The first kappa shape index (κ1) is 14.0. The minimum Gasteiger partial charge on any atom is -0.301 e. The Hall–Kier alpha value is -1.92. The highest BCUT2D eigenvalue weighted by molar-refractivity contribution is 7.98. The molecule has 0 aliphatic rings. The number of hydrogen-bond donors (Lipinski definition) is 1. The summed E-state index contributed by atoms with van der Waals surface area (Å²) in [5.41, 5.74) is 1.77. The molecule has 0 saturated carbocycles. The van der Waals surface area contributed by atoms with E-state index in [-0.39, 0.29) is 5.56 Å². The van der Waals surface area contributed by atoms with Gasteiger partial charge in [-0.05, 0) is 5.56 Å². The summed E-state index contributed by atoms with van der Waals surface area (Å²) in [4.78, 5) is 23.4. The van der Waals surface area contributed by atoms with Crippen molar-refractivity contribution in [1.82, 2.24) is 15.0 Å². The molecule has 3 aromatic rings. The lowest BCUT2D eigenvalue weighted by Crippen LogP contribution is -2.14. The Kier molecular flexibility index (Phi) is 4.47. The molecule has 3 rings (SSSR count). The van der Waals surface area contributed by atoms with E-state index >= 15 is 0 Å². The first-order valence-electron chi connectivity index (χ1n) is 6.44. The van der Waals surface area contributed by atoms with Gasteiger partial charge in [0.1, 0.15) is 0 Å². The summed E-state index contributed by atoms with van der Waals surface area (Å²) in [7, 11) is 0. The number of thioether (sulfide) groups is 1. The summed E-state index contributed by atoms with van der Waals surface area (Å²) < 4.78 is 0. The Morgan fingerprint density at radius 1 is 1.19 bits per heavy atom. The molecule has 1 aromatic carbocycles. The highest BCUT2D eigenvalue weighted by atomic mass is 32.2. The SMILES string of the molecule is O=c1[nH]c(SCc2ccccc2)ncc1Cc1nccs1. The van der Waals surface area contributed by atoms with Crippen molar-refractivity contribution in [3.8, 4) is 0 Å². The highest BCUT2D eigenvalue weighted by Gasteiger charge is 2.06. The van der Waals surface area contributed by atoms with E-state index in [1.54, 1.807) is 23.7 Å². The lowest BCUT2D eigenvalue weighted by atomic mass is 10.2. The summed E-state index contributed by atoms with van der Waals surface area (Å²) in [5, 5.41) is 3.47. The van der Waals surface area contributed by atoms with Gasteiger partial charge in [0.25, 0.3) is 5.56 Å². The molecule has 106 valence electrons. The summed E-state index contributed by atoms with van der Waals surface area (Å²) >= 11 is 3.07. The van der Waals surface area contributed by atoms with Crippen LogP contribution in [0.2, 0.25) is 0 Å². The lowest BCUT2D eigenvalue weighted by Gasteiger charge is -2.02. The van der Waals surface area contributed by atoms with Gasteiger partial charge in [-0.2, -0.15) is 0 Å². The summed E-state index contributed by atoms with van der Waals surface area (Å²) in [5.74, 6) is 0.787. The molecule has 0 fully saturated rings. The number of benzene rings is 1. The fraction of sp³-hybridized carbons (Fsp3) is 0.133. The zero-order valence-electron chi connectivity index (χ0n) is 11.2. The van der Waals surface area contributed by atoms with Gasteiger partial charge in [-0.15, -0.1) is 11.3 Å². The van der Waals surface area contributed by atoms with Crippen molar-refractivity contribution in [2.24, 2.45) is 0 Å². The Morgan fingerprint density at radius 3 is 2.76 bits per heavy atom. The van der Waals surface area contributed by atoms with Crippen LogP contribution in [0.4, 0.5) is 0 Å². The molecule has 0 saturated heterocycles. The Labute approximate surface area is 130 Å². The molecule has 0 spiro atoms. The standard InChI is InChI=1S/C15H13N3OS2/c19-14-12(8-13-16-6-7-20-13)9-17-15(18-14)21-10-11-4-2-1-3-5-11/h1-7,9H,8,10H2,(H,17,18,19). The van der Waals surface area contributed by atoms with Crippen LogP contribution in [0.3, 0.4) is 0 Å². The average molecular weight is 315 g/mol. The van der Waals surface area contributed by atoms with E-state index in [4.69, 9.17) is 0 Å². The molecular weight excluding hydrogens is 302 g/mol. The van der Waals surface area contributed by atoms with Crippen molar-refractivity contribution in [2.45, 2.75) is 17.3 Å². The molecule has 0 atom stereocenters. The third-order valence-corrected chi connectivity index (χ3v) is 4.63. The molecule has 0 radical (unpaired) electrons. The molecule has 1 N–H and O–H groups in total. The van der Waals surface area contributed by atoms with Gasteiger partial charge in [-0.25, -0.2) is 9.97 Å². The van der Waals surface area contributed by atoms with Crippen molar-refractivity contribution in [3.63, 3.8) is 0 Å². The zero-order valence-corrected chi connectivity index (χ0v) is 12.8. The molecule has 2 heterocycles. The molecule has 0 amide bonds. The van der Waals surface area contributed by atoms with Gasteiger partial charge in [-0.3, -0.25) is 4.79 Å². The maximum Gasteiger partial charge on any atom is 0.255 e. The van der Waals surface area contributed by atoms with Crippen molar-refractivity contribution in [2.75, 3.05) is 0 Å². The Morgan fingerprint density at radius 2 is 2.05 bits per heavy atom. The number of nitrogens with zero attached hydrogens (tertiary/aromatic N) is 2. The molecule has 21 heavy (non-hydrogen) atoms. The molecule has 6 heteroatoms. The average Bonchev–Trinajstić information content (AvgIpc) is 3.02. The maximum atomic E-state index is 12.0. The van der Waals surface area contributed by atoms with Gasteiger partial charge in [0.05, 0.1) is 5.01 Å². The van der Waals surface area contributed by atoms with Crippen LogP contribution in [0.15, 0.2) is 58.1 Å². The van der Waals surface area contributed by atoms with E-state index < -0.39 is 0 Å². The van der Waals surface area contributed by atoms with Gasteiger partial charge < -0.3 is 4.98 Å². The fourth-order valence-electron chi connectivity index (χ4n) is 1.83. The van der Waals surface area contributed by atoms with Crippen LogP contribution in [0, 0.1) is 0 Å². The van der Waals surface area contributed by atoms with E-state index in [1.165, 1.54) is 17.3 Å². The van der Waals surface area contributed by atoms with Crippen LogP contribution >= 0.6 is 23.1 Å². The highest BCUT2D eigenvalue weighted by Crippen LogP contribution is 2.18. The molecule has 0 aliphatic heterocycles. The number of aromatic nitrogens is 3. The summed E-state index contributed by atoms with van der Waals surface area (Å²) in [6, 6.07) is 10.1. The van der Waals surface area contributed by atoms with E-state index in [9.17, 15) is 4.79 Å². The summed E-state index contributed by atoms with van der Waals surface area (Å²) in [6.45, 7) is 0. The van der Waals surface area contributed by atoms with Crippen LogP contribution < -0.4 is 5.56 Å². The predicted octanol–water partition coefficient (Wildman–Crippen LogP) is 3.11. The second-order valence-electron chi connectivity index (χ2n) is 4.42. The molecule has 0 bridgehead atoms. The number of thiazole rings is 1. The monoisotopic (exact) mass is 315 g/mol. The van der Waals surface area contributed by atoms with Gasteiger partial charge in [0, 0.05) is 35.5 Å². The van der Waals surface area contributed by atoms with Crippen molar-refractivity contribution in [1.29, 1.82) is 0 Å². The van der Waals surface area contributed by atoms with Gasteiger partial charge in [0.2, 0.25) is 0 Å². The van der Waals surface area contributed by atoms with Crippen LogP contribution in [0.25, 0.3) is 0 Å². The molecule has 4 nitrogen and oxygen atoms in total.